The first-order valence-corrected chi connectivity index (χ1v) is 5.04. The highest BCUT2D eigenvalue weighted by molar-refractivity contribution is 5.83. The fourth-order valence-corrected chi connectivity index (χ4v) is 1.80. The molecular formula is C12H10FNO2. The zero-order chi connectivity index (χ0) is 11.1. The Morgan fingerprint density at radius 3 is 2.81 bits per heavy atom. The molecule has 2 heterocycles. The molecule has 1 aliphatic rings. The number of halogens is 1. The van der Waals surface area contributed by atoms with E-state index < -0.39 is 0 Å². The van der Waals surface area contributed by atoms with Crippen molar-refractivity contribution in [2.24, 2.45) is 0 Å². The number of hydrogen-bond acceptors (Lipinski definition) is 3. The number of rotatable bonds is 2. The normalized spacial score (nSPS) is 18.8. The van der Waals surface area contributed by atoms with Gasteiger partial charge in [0.15, 0.2) is 0 Å². The Labute approximate surface area is 91.8 Å². The van der Waals surface area contributed by atoms with Crippen molar-refractivity contribution in [1.29, 1.82) is 0 Å². The van der Waals surface area contributed by atoms with E-state index in [0.29, 0.717) is 23.6 Å². The van der Waals surface area contributed by atoms with Crippen LogP contribution < -0.4 is 4.74 Å². The van der Waals surface area contributed by atoms with Crippen LogP contribution in [0.2, 0.25) is 0 Å². The number of aromatic nitrogens is 1. The first kappa shape index (κ1) is 9.54. The van der Waals surface area contributed by atoms with Gasteiger partial charge < -0.3 is 9.47 Å². The number of benzene rings is 1. The zero-order valence-corrected chi connectivity index (χ0v) is 8.74. The van der Waals surface area contributed by atoms with Crippen LogP contribution in [0.4, 0.5) is 4.39 Å². The third-order valence-corrected chi connectivity index (χ3v) is 2.69. The summed E-state index contributed by atoms with van der Waals surface area (Å²) in [5.74, 6) is 0.218. The molecule has 4 heteroatoms. The molecule has 82 valence electrons. The average Bonchev–Trinajstić information content (AvgIpc) is 3.12. The fourth-order valence-electron chi connectivity index (χ4n) is 1.80. The lowest BCUT2D eigenvalue weighted by Gasteiger charge is -2.06. The maximum Gasteiger partial charge on any atom is 0.213 e. The number of methoxy groups -OCH3 is 1. The molecule has 1 aromatic carbocycles. The van der Waals surface area contributed by atoms with Gasteiger partial charge in [-0.05, 0) is 18.2 Å². The highest BCUT2D eigenvalue weighted by Crippen LogP contribution is 2.36. The highest BCUT2D eigenvalue weighted by Gasteiger charge is 2.30. The Balaban J connectivity index is 2.30. The summed E-state index contributed by atoms with van der Waals surface area (Å²) in [6.45, 7) is 0.564. The SMILES string of the molecule is COc1ccc2ccc(F)c(C3CO3)c2n1. The third-order valence-electron chi connectivity index (χ3n) is 2.69. The van der Waals surface area contributed by atoms with Crippen LogP contribution in [0.5, 0.6) is 5.88 Å². The molecule has 0 spiro atoms. The second-order valence-electron chi connectivity index (χ2n) is 3.71. The molecule has 0 aliphatic carbocycles. The van der Waals surface area contributed by atoms with Gasteiger partial charge in [0.05, 0.1) is 19.2 Å². The maximum atomic E-state index is 13.7. The average molecular weight is 219 g/mol. The van der Waals surface area contributed by atoms with Crippen molar-refractivity contribution in [3.63, 3.8) is 0 Å². The quantitative estimate of drug-likeness (QED) is 0.727. The molecule has 16 heavy (non-hydrogen) atoms. The summed E-state index contributed by atoms with van der Waals surface area (Å²) < 4.78 is 23.9. The Morgan fingerprint density at radius 2 is 2.12 bits per heavy atom. The third kappa shape index (κ3) is 1.42. The van der Waals surface area contributed by atoms with Crippen molar-refractivity contribution in [2.45, 2.75) is 6.10 Å². The van der Waals surface area contributed by atoms with Crippen molar-refractivity contribution in [3.8, 4) is 5.88 Å². The molecule has 1 fully saturated rings. The smallest absolute Gasteiger partial charge is 0.213 e. The molecule has 1 aromatic heterocycles. The van der Waals surface area contributed by atoms with Crippen LogP contribution in [-0.4, -0.2) is 18.7 Å². The van der Waals surface area contributed by atoms with Gasteiger partial charge in [0.1, 0.15) is 11.9 Å². The Morgan fingerprint density at radius 1 is 1.38 bits per heavy atom. The summed E-state index contributed by atoms with van der Waals surface area (Å²) in [4.78, 5) is 4.27. The zero-order valence-electron chi connectivity index (χ0n) is 8.74. The van der Waals surface area contributed by atoms with E-state index in [2.05, 4.69) is 4.98 Å². The summed E-state index contributed by atoms with van der Waals surface area (Å²) in [5.41, 5.74) is 1.17. The number of pyridine rings is 1. The molecule has 1 unspecified atom stereocenters. The Bertz CT molecular complexity index is 552. The lowest BCUT2D eigenvalue weighted by atomic mass is 10.1. The lowest BCUT2D eigenvalue weighted by molar-refractivity contribution is 0.398. The van der Waals surface area contributed by atoms with E-state index in [1.807, 2.05) is 6.07 Å². The van der Waals surface area contributed by atoms with E-state index in [9.17, 15) is 4.39 Å². The van der Waals surface area contributed by atoms with Crippen LogP contribution in [0.1, 0.15) is 11.7 Å². The van der Waals surface area contributed by atoms with Crippen LogP contribution in [0, 0.1) is 5.82 Å². The molecule has 3 nitrogen and oxygen atoms in total. The molecule has 0 radical (unpaired) electrons. The second kappa shape index (κ2) is 3.42. The molecule has 0 bridgehead atoms. The molecule has 2 aromatic rings. The van der Waals surface area contributed by atoms with Crippen LogP contribution in [0.25, 0.3) is 10.9 Å². The lowest BCUT2D eigenvalue weighted by Crippen LogP contribution is -1.95. The van der Waals surface area contributed by atoms with E-state index in [1.165, 1.54) is 6.07 Å². The van der Waals surface area contributed by atoms with Crippen LogP contribution in [-0.2, 0) is 4.74 Å². The minimum atomic E-state index is -0.268. The topological polar surface area (TPSA) is 34.6 Å². The first-order chi connectivity index (χ1) is 7.79. The van der Waals surface area contributed by atoms with E-state index in [0.717, 1.165) is 5.39 Å². The molecule has 0 saturated carbocycles. The standard InChI is InChI=1S/C12H10FNO2/c1-15-10-5-3-7-2-4-8(13)11(9-6-16-9)12(7)14-10/h2-5,9H,6H2,1H3. The number of ether oxygens (including phenoxy) is 2. The predicted molar refractivity (Wildman–Crippen MR) is 56.9 cm³/mol. The first-order valence-electron chi connectivity index (χ1n) is 5.04. The van der Waals surface area contributed by atoms with Gasteiger partial charge in [-0.3, -0.25) is 0 Å². The largest absolute Gasteiger partial charge is 0.481 e. The Hall–Kier alpha value is -1.68. The molecule has 1 saturated heterocycles. The fraction of sp³-hybridized carbons (Fsp3) is 0.250. The van der Waals surface area contributed by atoms with Gasteiger partial charge in [0.2, 0.25) is 5.88 Å². The summed E-state index contributed by atoms with van der Waals surface area (Å²) in [6.07, 6.45) is -0.150. The number of hydrogen-bond donors (Lipinski definition) is 0. The molecule has 3 rings (SSSR count). The van der Waals surface area contributed by atoms with Gasteiger partial charge in [-0.15, -0.1) is 0 Å². The van der Waals surface area contributed by atoms with Crippen molar-refractivity contribution < 1.29 is 13.9 Å². The number of fused-ring (bicyclic) bond motifs is 1. The van der Waals surface area contributed by atoms with E-state index in [4.69, 9.17) is 9.47 Å². The van der Waals surface area contributed by atoms with E-state index in [1.54, 1.807) is 19.2 Å². The monoisotopic (exact) mass is 219 g/mol. The van der Waals surface area contributed by atoms with Gasteiger partial charge in [-0.25, -0.2) is 9.37 Å². The van der Waals surface area contributed by atoms with E-state index in [-0.39, 0.29) is 11.9 Å². The van der Waals surface area contributed by atoms with Gasteiger partial charge in [0, 0.05) is 17.0 Å². The van der Waals surface area contributed by atoms with E-state index >= 15 is 0 Å². The molecule has 0 N–H and O–H groups in total. The second-order valence-corrected chi connectivity index (χ2v) is 3.71. The van der Waals surface area contributed by atoms with Crippen LogP contribution >= 0.6 is 0 Å². The highest BCUT2D eigenvalue weighted by atomic mass is 19.1. The van der Waals surface area contributed by atoms with Crippen molar-refractivity contribution in [3.05, 3.63) is 35.6 Å². The summed E-state index contributed by atoms with van der Waals surface area (Å²) in [6, 6.07) is 6.79. The van der Waals surface area contributed by atoms with Crippen molar-refractivity contribution in [2.75, 3.05) is 13.7 Å². The van der Waals surface area contributed by atoms with Crippen molar-refractivity contribution in [1.82, 2.24) is 4.98 Å². The maximum absolute atomic E-state index is 13.7. The summed E-state index contributed by atoms with van der Waals surface area (Å²) >= 11 is 0. The van der Waals surface area contributed by atoms with Crippen LogP contribution in [0.15, 0.2) is 24.3 Å². The van der Waals surface area contributed by atoms with Gasteiger partial charge >= 0.3 is 0 Å². The van der Waals surface area contributed by atoms with Gasteiger partial charge in [-0.2, -0.15) is 0 Å². The number of epoxide rings is 1. The van der Waals surface area contributed by atoms with Crippen molar-refractivity contribution >= 4 is 10.9 Å². The summed E-state index contributed by atoms with van der Waals surface area (Å²) in [7, 11) is 1.54. The predicted octanol–water partition coefficient (Wildman–Crippen LogP) is 2.45. The number of nitrogens with zero attached hydrogens (tertiary/aromatic N) is 1. The summed E-state index contributed by atoms with van der Waals surface area (Å²) in [5, 5.41) is 0.896. The minimum Gasteiger partial charge on any atom is -0.481 e. The minimum absolute atomic E-state index is 0.150. The molecule has 1 aliphatic heterocycles. The van der Waals surface area contributed by atoms with Crippen LogP contribution in [0.3, 0.4) is 0 Å². The van der Waals surface area contributed by atoms with Gasteiger partial charge in [-0.1, -0.05) is 0 Å². The molecular weight excluding hydrogens is 209 g/mol. The van der Waals surface area contributed by atoms with Gasteiger partial charge in [0.25, 0.3) is 0 Å². The Kier molecular flexibility index (Phi) is 2.04. The molecule has 1 atom stereocenters. The molecule has 0 amide bonds.